The summed E-state index contributed by atoms with van der Waals surface area (Å²) in [5.41, 5.74) is 5.23. The van der Waals surface area contributed by atoms with Crippen molar-refractivity contribution < 1.29 is 18.0 Å². The number of methoxy groups -OCH3 is 1. The highest BCUT2D eigenvalue weighted by molar-refractivity contribution is 5.64. The van der Waals surface area contributed by atoms with E-state index in [2.05, 4.69) is 10.1 Å². The van der Waals surface area contributed by atoms with Gasteiger partial charge in [0.05, 0.1) is 13.7 Å². The van der Waals surface area contributed by atoms with E-state index in [1.54, 1.807) is 0 Å². The lowest BCUT2D eigenvalue weighted by Gasteiger charge is -2.05. The van der Waals surface area contributed by atoms with Crippen LogP contribution < -0.4 is 10.5 Å². The Bertz CT molecular complexity index is 542. The van der Waals surface area contributed by atoms with Crippen molar-refractivity contribution in [1.29, 1.82) is 0 Å². The highest BCUT2D eigenvalue weighted by Gasteiger charge is 2.19. The largest absolute Gasteiger partial charge is 0.496 e. The molecule has 0 unspecified atom stereocenters. The Morgan fingerprint density at radius 2 is 2.18 bits per heavy atom. The zero-order valence-corrected chi connectivity index (χ0v) is 8.91. The van der Waals surface area contributed by atoms with E-state index in [1.807, 2.05) is 0 Å². The monoisotopic (exact) mass is 241 g/mol. The summed E-state index contributed by atoms with van der Waals surface area (Å²) in [5.74, 6) is -1.45. The SMILES string of the molecule is COc1cc(F)cc(F)c1-c1noc(CN)n1. The van der Waals surface area contributed by atoms with Gasteiger partial charge < -0.3 is 15.0 Å². The smallest absolute Gasteiger partial charge is 0.240 e. The molecule has 0 aliphatic carbocycles. The third-order valence-corrected chi connectivity index (χ3v) is 2.11. The van der Waals surface area contributed by atoms with Crippen LogP contribution in [0.25, 0.3) is 11.4 Å². The molecule has 0 amide bonds. The van der Waals surface area contributed by atoms with Gasteiger partial charge in [-0.2, -0.15) is 4.98 Å². The van der Waals surface area contributed by atoms with E-state index in [9.17, 15) is 8.78 Å². The number of rotatable bonds is 3. The van der Waals surface area contributed by atoms with Gasteiger partial charge in [-0.15, -0.1) is 0 Å². The first-order chi connectivity index (χ1) is 8.15. The Morgan fingerprint density at radius 1 is 1.41 bits per heavy atom. The fraction of sp³-hybridized carbons (Fsp3) is 0.200. The zero-order valence-electron chi connectivity index (χ0n) is 8.91. The predicted octanol–water partition coefficient (Wildman–Crippen LogP) is 1.48. The molecule has 1 heterocycles. The van der Waals surface area contributed by atoms with Gasteiger partial charge in [0.2, 0.25) is 11.7 Å². The maximum atomic E-state index is 13.6. The Labute approximate surface area is 95.2 Å². The van der Waals surface area contributed by atoms with E-state index in [-0.39, 0.29) is 29.6 Å². The topological polar surface area (TPSA) is 74.2 Å². The van der Waals surface area contributed by atoms with Gasteiger partial charge in [-0.1, -0.05) is 5.16 Å². The van der Waals surface area contributed by atoms with Crippen LogP contribution in [0.1, 0.15) is 5.89 Å². The van der Waals surface area contributed by atoms with E-state index in [0.717, 1.165) is 12.1 Å². The normalized spacial score (nSPS) is 10.6. The van der Waals surface area contributed by atoms with Crippen LogP contribution in [0.15, 0.2) is 16.7 Å². The molecule has 17 heavy (non-hydrogen) atoms. The van der Waals surface area contributed by atoms with E-state index >= 15 is 0 Å². The van der Waals surface area contributed by atoms with Crippen molar-refractivity contribution in [3.8, 4) is 17.1 Å². The highest BCUT2D eigenvalue weighted by atomic mass is 19.1. The van der Waals surface area contributed by atoms with Crippen molar-refractivity contribution in [3.63, 3.8) is 0 Å². The van der Waals surface area contributed by atoms with Crippen molar-refractivity contribution in [1.82, 2.24) is 10.1 Å². The third kappa shape index (κ3) is 2.09. The summed E-state index contributed by atoms with van der Waals surface area (Å²) in [6.45, 7) is 0.0398. The summed E-state index contributed by atoms with van der Waals surface area (Å²) in [5, 5.41) is 3.55. The quantitative estimate of drug-likeness (QED) is 0.881. The molecule has 90 valence electrons. The number of aromatic nitrogens is 2. The second kappa shape index (κ2) is 4.46. The molecule has 2 rings (SSSR count). The van der Waals surface area contributed by atoms with E-state index in [1.165, 1.54) is 7.11 Å². The lowest BCUT2D eigenvalue weighted by atomic mass is 10.1. The lowest BCUT2D eigenvalue weighted by molar-refractivity contribution is 0.379. The Kier molecular flexibility index (Phi) is 3.01. The van der Waals surface area contributed by atoms with Crippen LogP contribution in [0.4, 0.5) is 8.78 Å². The minimum Gasteiger partial charge on any atom is -0.496 e. The van der Waals surface area contributed by atoms with Gasteiger partial charge >= 0.3 is 0 Å². The zero-order chi connectivity index (χ0) is 12.4. The second-order valence-electron chi connectivity index (χ2n) is 3.18. The molecule has 0 spiro atoms. The molecule has 0 fully saturated rings. The van der Waals surface area contributed by atoms with Crippen molar-refractivity contribution >= 4 is 0 Å². The Balaban J connectivity index is 2.57. The van der Waals surface area contributed by atoms with Gasteiger partial charge in [-0.05, 0) is 0 Å². The maximum Gasteiger partial charge on any atom is 0.240 e. The molecule has 7 heteroatoms. The van der Waals surface area contributed by atoms with Gasteiger partial charge in [0, 0.05) is 12.1 Å². The van der Waals surface area contributed by atoms with Gasteiger partial charge in [0.25, 0.3) is 0 Å². The van der Waals surface area contributed by atoms with Crippen LogP contribution in [0.5, 0.6) is 5.75 Å². The van der Waals surface area contributed by atoms with Crippen LogP contribution >= 0.6 is 0 Å². The summed E-state index contributed by atoms with van der Waals surface area (Å²) in [6, 6.07) is 1.76. The standard InChI is InChI=1S/C10H9F2N3O2/c1-16-7-3-5(11)2-6(12)9(7)10-14-8(4-13)17-15-10/h2-3H,4,13H2,1H3. The molecule has 1 aromatic heterocycles. The number of nitrogens with two attached hydrogens (primary N) is 1. The average Bonchev–Trinajstić information content (AvgIpc) is 2.76. The summed E-state index contributed by atoms with van der Waals surface area (Å²) in [4.78, 5) is 3.85. The summed E-state index contributed by atoms with van der Waals surface area (Å²) >= 11 is 0. The Hall–Kier alpha value is -2.02. The molecule has 5 nitrogen and oxygen atoms in total. The van der Waals surface area contributed by atoms with Crippen molar-refractivity contribution in [2.45, 2.75) is 6.54 Å². The molecular formula is C10H9F2N3O2. The van der Waals surface area contributed by atoms with Gasteiger partial charge in [0.15, 0.2) is 0 Å². The van der Waals surface area contributed by atoms with Crippen LogP contribution in [-0.2, 0) is 6.54 Å². The van der Waals surface area contributed by atoms with Gasteiger partial charge in [-0.3, -0.25) is 0 Å². The fourth-order valence-electron chi connectivity index (χ4n) is 1.37. The highest BCUT2D eigenvalue weighted by Crippen LogP contribution is 2.31. The first-order valence-corrected chi connectivity index (χ1v) is 4.71. The number of hydrogen-bond acceptors (Lipinski definition) is 5. The minimum atomic E-state index is -0.828. The third-order valence-electron chi connectivity index (χ3n) is 2.11. The minimum absolute atomic E-state index is 0.00753. The van der Waals surface area contributed by atoms with Gasteiger partial charge in [-0.25, -0.2) is 8.78 Å². The molecule has 0 aliphatic heterocycles. The molecular weight excluding hydrogens is 232 g/mol. The van der Waals surface area contributed by atoms with E-state index in [0.29, 0.717) is 0 Å². The van der Waals surface area contributed by atoms with Crippen LogP contribution in [-0.4, -0.2) is 17.3 Å². The van der Waals surface area contributed by atoms with Crippen LogP contribution in [0, 0.1) is 11.6 Å². The van der Waals surface area contributed by atoms with Crippen LogP contribution in [0.2, 0.25) is 0 Å². The number of ether oxygens (including phenoxy) is 1. The van der Waals surface area contributed by atoms with Crippen molar-refractivity contribution in [2.24, 2.45) is 5.73 Å². The van der Waals surface area contributed by atoms with Crippen LogP contribution in [0.3, 0.4) is 0 Å². The van der Waals surface area contributed by atoms with E-state index in [4.69, 9.17) is 15.0 Å². The molecule has 0 aliphatic rings. The van der Waals surface area contributed by atoms with Crippen molar-refractivity contribution in [2.75, 3.05) is 7.11 Å². The molecule has 1 aromatic carbocycles. The number of hydrogen-bond donors (Lipinski definition) is 1. The number of nitrogens with zero attached hydrogens (tertiary/aromatic N) is 2. The summed E-state index contributed by atoms with van der Waals surface area (Å²) < 4.78 is 36.2. The number of halogens is 2. The Morgan fingerprint density at radius 3 is 2.76 bits per heavy atom. The fourth-order valence-corrected chi connectivity index (χ4v) is 1.37. The summed E-state index contributed by atoms with van der Waals surface area (Å²) in [7, 11) is 1.29. The molecule has 0 saturated carbocycles. The molecule has 0 atom stereocenters. The second-order valence-corrected chi connectivity index (χ2v) is 3.18. The first kappa shape index (κ1) is 11.5. The van der Waals surface area contributed by atoms with E-state index < -0.39 is 11.6 Å². The summed E-state index contributed by atoms with van der Waals surface area (Å²) in [6.07, 6.45) is 0. The first-order valence-electron chi connectivity index (χ1n) is 4.71. The average molecular weight is 241 g/mol. The molecule has 0 saturated heterocycles. The number of benzene rings is 1. The van der Waals surface area contributed by atoms with Gasteiger partial charge in [0.1, 0.15) is 22.9 Å². The predicted molar refractivity (Wildman–Crippen MR) is 54.1 cm³/mol. The van der Waals surface area contributed by atoms with Crippen molar-refractivity contribution in [3.05, 3.63) is 29.7 Å². The maximum absolute atomic E-state index is 13.6. The lowest BCUT2D eigenvalue weighted by Crippen LogP contribution is -1.97. The molecule has 0 radical (unpaired) electrons. The molecule has 2 aromatic rings. The molecule has 2 N–H and O–H groups in total. The molecule has 0 bridgehead atoms.